The summed E-state index contributed by atoms with van der Waals surface area (Å²) in [5.74, 6) is -2.31. The maximum absolute atomic E-state index is 11.7. The summed E-state index contributed by atoms with van der Waals surface area (Å²) in [6.07, 6.45) is 0.301. The number of rotatable bonds is 8. The molecule has 0 heterocycles. The number of ether oxygens (including phenoxy) is 1. The van der Waals surface area contributed by atoms with Gasteiger partial charge in [-0.3, -0.25) is 9.59 Å². The van der Waals surface area contributed by atoms with Crippen molar-refractivity contribution < 1.29 is 24.2 Å². The third-order valence-corrected chi connectivity index (χ3v) is 2.79. The molecule has 0 radical (unpaired) electrons. The minimum Gasteiger partial charge on any atom is -0.480 e. The van der Waals surface area contributed by atoms with Crippen LogP contribution in [0.15, 0.2) is 30.3 Å². The van der Waals surface area contributed by atoms with E-state index >= 15 is 0 Å². The third-order valence-electron chi connectivity index (χ3n) is 2.79. The van der Waals surface area contributed by atoms with E-state index in [9.17, 15) is 14.4 Å². The van der Waals surface area contributed by atoms with Crippen LogP contribution in [-0.2, 0) is 25.5 Å². The van der Waals surface area contributed by atoms with Crippen molar-refractivity contribution in [1.82, 2.24) is 5.32 Å². The molecule has 0 aliphatic heterocycles. The summed E-state index contributed by atoms with van der Waals surface area (Å²) >= 11 is 0. The first-order valence-electron chi connectivity index (χ1n) is 6.74. The first-order valence-corrected chi connectivity index (χ1v) is 6.74. The zero-order valence-corrected chi connectivity index (χ0v) is 11.9. The molecule has 1 rings (SSSR count). The average Bonchev–Trinajstić information content (AvgIpc) is 2.45. The second-order valence-corrected chi connectivity index (χ2v) is 4.45. The number of carbonyl (C=O) groups is 3. The Kier molecular flexibility index (Phi) is 6.94. The molecule has 0 spiro atoms. The summed E-state index contributed by atoms with van der Waals surface area (Å²) < 4.78 is 4.68. The summed E-state index contributed by atoms with van der Waals surface area (Å²) in [7, 11) is 0. The Labute approximate surface area is 123 Å². The van der Waals surface area contributed by atoms with Gasteiger partial charge in [-0.05, 0) is 18.9 Å². The first-order chi connectivity index (χ1) is 10.0. The van der Waals surface area contributed by atoms with Gasteiger partial charge in [0, 0.05) is 6.42 Å². The van der Waals surface area contributed by atoms with Crippen LogP contribution in [0.4, 0.5) is 0 Å². The molecule has 0 bridgehead atoms. The van der Waals surface area contributed by atoms with Gasteiger partial charge in [0.2, 0.25) is 5.91 Å². The van der Waals surface area contributed by atoms with Gasteiger partial charge >= 0.3 is 11.9 Å². The van der Waals surface area contributed by atoms with E-state index in [4.69, 9.17) is 5.11 Å². The van der Waals surface area contributed by atoms with E-state index in [-0.39, 0.29) is 19.4 Å². The quantitative estimate of drug-likeness (QED) is 0.701. The van der Waals surface area contributed by atoms with Gasteiger partial charge in [-0.15, -0.1) is 0 Å². The SMILES string of the molecule is CCOC(=O)C[C@@H](NC(=O)CCc1ccccc1)C(=O)O. The number of carbonyl (C=O) groups excluding carboxylic acids is 2. The number of carboxylic acid groups (broad SMARTS) is 1. The molecule has 0 fully saturated rings. The number of aryl methyl sites for hydroxylation is 1. The van der Waals surface area contributed by atoms with Gasteiger partial charge in [0.15, 0.2) is 0 Å². The highest BCUT2D eigenvalue weighted by atomic mass is 16.5. The van der Waals surface area contributed by atoms with E-state index in [1.807, 2.05) is 30.3 Å². The van der Waals surface area contributed by atoms with Crippen LogP contribution in [0.2, 0.25) is 0 Å². The van der Waals surface area contributed by atoms with Crippen LogP contribution in [-0.4, -0.2) is 35.6 Å². The summed E-state index contributed by atoms with van der Waals surface area (Å²) in [5, 5.41) is 11.3. The molecule has 0 aliphatic rings. The maximum Gasteiger partial charge on any atom is 0.326 e. The lowest BCUT2D eigenvalue weighted by Crippen LogP contribution is -2.42. The van der Waals surface area contributed by atoms with Crippen molar-refractivity contribution in [3.8, 4) is 0 Å². The largest absolute Gasteiger partial charge is 0.480 e. The molecule has 1 aromatic carbocycles. The standard InChI is InChI=1S/C15H19NO5/c1-2-21-14(18)10-12(15(19)20)16-13(17)9-8-11-6-4-3-5-7-11/h3-7,12H,2,8-10H2,1H3,(H,16,17)(H,19,20)/t12-/m1/s1. The van der Waals surface area contributed by atoms with Gasteiger partial charge in [0.1, 0.15) is 6.04 Å². The molecule has 1 amide bonds. The first kappa shape index (κ1) is 16.7. The molecule has 0 aliphatic carbocycles. The van der Waals surface area contributed by atoms with Crippen molar-refractivity contribution in [1.29, 1.82) is 0 Å². The summed E-state index contributed by atoms with van der Waals surface area (Å²) in [5.41, 5.74) is 0.991. The van der Waals surface area contributed by atoms with Crippen LogP contribution >= 0.6 is 0 Å². The Hall–Kier alpha value is -2.37. The lowest BCUT2D eigenvalue weighted by molar-refractivity contribution is -0.150. The van der Waals surface area contributed by atoms with Gasteiger partial charge in [0.25, 0.3) is 0 Å². The molecule has 2 N–H and O–H groups in total. The van der Waals surface area contributed by atoms with Gasteiger partial charge in [-0.2, -0.15) is 0 Å². The molecule has 6 heteroatoms. The van der Waals surface area contributed by atoms with Crippen LogP contribution in [0.25, 0.3) is 0 Å². The smallest absolute Gasteiger partial charge is 0.326 e. The van der Waals surface area contributed by atoms with Crippen LogP contribution in [0.5, 0.6) is 0 Å². The zero-order chi connectivity index (χ0) is 15.7. The van der Waals surface area contributed by atoms with Gasteiger partial charge in [-0.1, -0.05) is 30.3 Å². The molecule has 0 saturated carbocycles. The van der Waals surface area contributed by atoms with E-state index in [1.165, 1.54) is 0 Å². The van der Waals surface area contributed by atoms with Crippen molar-refractivity contribution in [2.45, 2.75) is 32.2 Å². The fraction of sp³-hybridized carbons (Fsp3) is 0.400. The second-order valence-electron chi connectivity index (χ2n) is 4.45. The van der Waals surface area contributed by atoms with Crippen molar-refractivity contribution in [2.75, 3.05) is 6.61 Å². The summed E-state index contributed by atoms with van der Waals surface area (Å²) in [6.45, 7) is 1.80. The number of hydrogen-bond donors (Lipinski definition) is 2. The highest BCUT2D eigenvalue weighted by molar-refractivity contribution is 5.87. The normalized spacial score (nSPS) is 11.5. The monoisotopic (exact) mass is 293 g/mol. The maximum atomic E-state index is 11.7. The van der Waals surface area contributed by atoms with Gasteiger partial charge in [0.05, 0.1) is 13.0 Å². The molecule has 1 aromatic rings. The fourth-order valence-electron chi connectivity index (χ4n) is 1.76. The molecule has 1 atom stereocenters. The van der Waals surface area contributed by atoms with Gasteiger partial charge < -0.3 is 15.2 Å². The van der Waals surface area contributed by atoms with Crippen molar-refractivity contribution in [3.05, 3.63) is 35.9 Å². The van der Waals surface area contributed by atoms with Crippen LogP contribution in [0.1, 0.15) is 25.3 Å². The summed E-state index contributed by atoms with van der Waals surface area (Å²) in [4.78, 5) is 34.1. The van der Waals surface area contributed by atoms with Crippen molar-refractivity contribution >= 4 is 17.8 Å². The molecule has 21 heavy (non-hydrogen) atoms. The van der Waals surface area contributed by atoms with E-state index in [0.717, 1.165) is 5.56 Å². The van der Waals surface area contributed by atoms with Gasteiger partial charge in [-0.25, -0.2) is 4.79 Å². The second kappa shape index (κ2) is 8.73. The Bertz CT molecular complexity index is 486. The van der Waals surface area contributed by atoms with Crippen molar-refractivity contribution in [3.63, 3.8) is 0 Å². The van der Waals surface area contributed by atoms with E-state index < -0.39 is 23.9 Å². The molecule has 6 nitrogen and oxygen atoms in total. The molecular formula is C15H19NO5. The number of hydrogen-bond acceptors (Lipinski definition) is 4. The predicted octanol–water partition coefficient (Wildman–Crippen LogP) is 1.14. The number of benzene rings is 1. The molecule has 0 unspecified atom stereocenters. The van der Waals surface area contributed by atoms with Crippen LogP contribution < -0.4 is 5.32 Å². The van der Waals surface area contributed by atoms with E-state index in [0.29, 0.717) is 6.42 Å². The Morgan fingerprint density at radius 3 is 2.48 bits per heavy atom. The van der Waals surface area contributed by atoms with E-state index in [1.54, 1.807) is 6.92 Å². The molecule has 0 saturated heterocycles. The molecule has 0 aromatic heterocycles. The summed E-state index contributed by atoms with van der Waals surface area (Å²) in [6, 6.07) is 8.14. The Morgan fingerprint density at radius 1 is 1.24 bits per heavy atom. The topological polar surface area (TPSA) is 92.7 Å². The molecule has 114 valence electrons. The molecular weight excluding hydrogens is 274 g/mol. The number of aliphatic carboxylic acids is 1. The number of amides is 1. The lowest BCUT2D eigenvalue weighted by atomic mass is 10.1. The average molecular weight is 293 g/mol. The zero-order valence-electron chi connectivity index (χ0n) is 11.9. The van der Waals surface area contributed by atoms with Crippen LogP contribution in [0.3, 0.4) is 0 Å². The Balaban J connectivity index is 2.45. The predicted molar refractivity (Wildman–Crippen MR) is 75.6 cm³/mol. The number of nitrogens with one attached hydrogen (secondary N) is 1. The minimum atomic E-state index is -1.26. The third kappa shape index (κ3) is 6.56. The van der Waals surface area contributed by atoms with Crippen LogP contribution in [0, 0.1) is 0 Å². The minimum absolute atomic E-state index is 0.163. The number of esters is 1. The highest BCUT2D eigenvalue weighted by Gasteiger charge is 2.23. The fourth-order valence-corrected chi connectivity index (χ4v) is 1.76. The highest BCUT2D eigenvalue weighted by Crippen LogP contribution is 2.03. The lowest BCUT2D eigenvalue weighted by Gasteiger charge is -2.13. The Morgan fingerprint density at radius 2 is 1.90 bits per heavy atom. The van der Waals surface area contributed by atoms with Crippen molar-refractivity contribution in [2.24, 2.45) is 0 Å². The van der Waals surface area contributed by atoms with E-state index in [2.05, 4.69) is 10.1 Å². The number of carboxylic acids is 1.